The molecule has 0 aliphatic rings. The molecular formula is C21H26N2O4S. The molecule has 0 aliphatic heterocycles. The maximum atomic E-state index is 12.6. The number of hydrogen-bond donors (Lipinski definition) is 1. The van der Waals surface area contributed by atoms with Crippen LogP contribution in [0.1, 0.15) is 15.9 Å². The number of benzene rings is 2. The zero-order valence-corrected chi connectivity index (χ0v) is 17.5. The summed E-state index contributed by atoms with van der Waals surface area (Å²) in [5.41, 5.74) is 1.61. The molecule has 2 amide bonds. The Morgan fingerprint density at radius 3 is 2.43 bits per heavy atom. The summed E-state index contributed by atoms with van der Waals surface area (Å²) in [6.07, 6.45) is 0.667. The van der Waals surface area contributed by atoms with E-state index in [0.717, 1.165) is 10.5 Å². The molecule has 0 unspecified atom stereocenters. The number of rotatable bonds is 9. The summed E-state index contributed by atoms with van der Waals surface area (Å²) in [6.45, 7) is 0.490. The van der Waals surface area contributed by atoms with Crippen LogP contribution in [0.5, 0.6) is 11.5 Å². The second kappa shape index (κ2) is 10.6. The SMILES string of the molecule is COc1ccc(CCNC(=O)c2ccccc2SCC(=O)N(C)C)cc1OC. The summed E-state index contributed by atoms with van der Waals surface area (Å²) in [6, 6.07) is 13.0. The van der Waals surface area contributed by atoms with E-state index in [2.05, 4.69) is 5.32 Å². The number of hydrogen-bond acceptors (Lipinski definition) is 5. The van der Waals surface area contributed by atoms with Gasteiger partial charge >= 0.3 is 0 Å². The van der Waals surface area contributed by atoms with Crippen LogP contribution in [0.3, 0.4) is 0 Å². The highest BCUT2D eigenvalue weighted by Crippen LogP contribution is 2.27. The normalized spacial score (nSPS) is 10.3. The minimum absolute atomic E-state index is 0.00802. The second-order valence-corrected chi connectivity index (χ2v) is 7.29. The van der Waals surface area contributed by atoms with E-state index in [1.54, 1.807) is 39.3 Å². The summed E-state index contributed by atoms with van der Waals surface area (Å²) in [7, 11) is 6.63. The second-order valence-electron chi connectivity index (χ2n) is 6.27. The monoisotopic (exact) mass is 402 g/mol. The Kier molecular flexibility index (Phi) is 8.19. The van der Waals surface area contributed by atoms with Gasteiger partial charge in [-0.25, -0.2) is 0 Å². The van der Waals surface area contributed by atoms with E-state index in [4.69, 9.17) is 9.47 Å². The highest BCUT2D eigenvalue weighted by atomic mass is 32.2. The number of thioether (sulfide) groups is 1. The minimum atomic E-state index is -0.152. The highest BCUT2D eigenvalue weighted by Gasteiger charge is 2.13. The van der Waals surface area contributed by atoms with Crippen LogP contribution < -0.4 is 14.8 Å². The average molecular weight is 403 g/mol. The number of nitrogens with one attached hydrogen (secondary N) is 1. The molecule has 0 bridgehead atoms. The fourth-order valence-electron chi connectivity index (χ4n) is 2.50. The molecule has 28 heavy (non-hydrogen) atoms. The maximum absolute atomic E-state index is 12.6. The number of methoxy groups -OCH3 is 2. The fraction of sp³-hybridized carbons (Fsp3) is 0.333. The van der Waals surface area contributed by atoms with Crippen molar-refractivity contribution in [3.63, 3.8) is 0 Å². The van der Waals surface area contributed by atoms with E-state index in [0.29, 0.717) is 35.8 Å². The Bertz CT molecular complexity index is 824. The lowest BCUT2D eigenvalue weighted by Crippen LogP contribution is -2.26. The number of ether oxygens (including phenoxy) is 2. The minimum Gasteiger partial charge on any atom is -0.493 e. The molecule has 0 saturated carbocycles. The summed E-state index contributed by atoms with van der Waals surface area (Å²) in [4.78, 5) is 26.7. The number of nitrogens with zero attached hydrogens (tertiary/aromatic N) is 1. The van der Waals surface area contributed by atoms with Gasteiger partial charge in [-0.15, -0.1) is 11.8 Å². The molecule has 150 valence electrons. The Labute approximate surface area is 170 Å². The van der Waals surface area contributed by atoms with Gasteiger partial charge in [-0.3, -0.25) is 9.59 Å². The molecule has 0 fully saturated rings. The van der Waals surface area contributed by atoms with Gasteiger partial charge in [-0.1, -0.05) is 18.2 Å². The molecule has 2 aromatic rings. The summed E-state index contributed by atoms with van der Waals surface area (Å²) >= 11 is 1.37. The first kappa shape index (κ1) is 21.6. The molecule has 7 heteroatoms. The highest BCUT2D eigenvalue weighted by molar-refractivity contribution is 8.00. The van der Waals surface area contributed by atoms with Crippen LogP contribution in [0.4, 0.5) is 0 Å². The van der Waals surface area contributed by atoms with E-state index in [1.165, 1.54) is 11.8 Å². The zero-order chi connectivity index (χ0) is 20.5. The maximum Gasteiger partial charge on any atom is 0.252 e. The predicted molar refractivity (Wildman–Crippen MR) is 111 cm³/mol. The Morgan fingerprint density at radius 2 is 1.75 bits per heavy atom. The van der Waals surface area contributed by atoms with Crippen LogP contribution in [0.2, 0.25) is 0 Å². The van der Waals surface area contributed by atoms with E-state index in [1.807, 2.05) is 36.4 Å². The molecule has 0 saturated heterocycles. The van der Waals surface area contributed by atoms with Crippen LogP contribution in [0.15, 0.2) is 47.4 Å². The molecule has 0 aliphatic carbocycles. The first-order valence-electron chi connectivity index (χ1n) is 8.87. The van der Waals surface area contributed by atoms with Crippen molar-refractivity contribution in [2.24, 2.45) is 0 Å². The molecule has 0 atom stereocenters. The van der Waals surface area contributed by atoms with Gasteiger partial charge in [0.2, 0.25) is 5.91 Å². The van der Waals surface area contributed by atoms with Crippen LogP contribution >= 0.6 is 11.8 Å². The van der Waals surface area contributed by atoms with Crippen molar-refractivity contribution < 1.29 is 19.1 Å². The van der Waals surface area contributed by atoms with Crippen molar-refractivity contribution in [3.8, 4) is 11.5 Å². The Morgan fingerprint density at radius 1 is 1.04 bits per heavy atom. The molecule has 1 N–H and O–H groups in total. The standard InChI is InChI=1S/C21H26N2O4S/c1-23(2)20(24)14-28-19-8-6-5-7-16(19)21(25)22-12-11-15-9-10-17(26-3)18(13-15)27-4/h5-10,13H,11-12,14H2,1-4H3,(H,22,25). The van der Waals surface area contributed by atoms with Gasteiger partial charge in [0.1, 0.15) is 0 Å². The van der Waals surface area contributed by atoms with Crippen LogP contribution in [0.25, 0.3) is 0 Å². The van der Waals surface area contributed by atoms with Crippen LogP contribution in [-0.4, -0.2) is 57.3 Å². The summed E-state index contributed by atoms with van der Waals surface area (Å²) < 4.78 is 10.5. The first-order valence-corrected chi connectivity index (χ1v) is 9.86. The first-order chi connectivity index (χ1) is 13.5. The van der Waals surface area contributed by atoms with Crippen molar-refractivity contribution in [3.05, 3.63) is 53.6 Å². The molecule has 6 nitrogen and oxygen atoms in total. The topological polar surface area (TPSA) is 67.9 Å². The fourth-order valence-corrected chi connectivity index (χ4v) is 3.53. The smallest absolute Gasteiger partial charge is 0.252 e. The van der Waals surface area contributed by atoms with Gasteiger partial charge in [-0.05, 0) is 36.2 Å². The lowest BCUT2D eigenvalue weighted by atomic mass is 10.1. The Balaban J connectivity index is 1.95. The van der Waals surface area contributed by atoms with Crippen LogP contribution in [-0.2, 0) is 11.2 Å². The molecule has 0 spiro atoms. The van der Waals surface area contributed by atoms with Gasteiger partial charge < -0.3 is 19.7 Å². The van der Waals surface area contributed by atoms with E-state index in [9.17, 15) is 9.59 Å². The van der Waals surface area contributed by atoms with Gasteiger partial charge in [0.05, 0.1) is 25.5 Å². The van der Waals surface area contributed by atoms with Crippen molar-refractivity contribution in [1.29, 1.82) is 0 Å². The number of amides is 2. The molecule has 0 radical (unpaired) electrons. The third-order valence-corrected chi connectivity index (χ3v) is 5.19. The third kappa shape index (κ3) is 5.92. The van der Waals surface area contributed by atoms with Crippen molar-refractivity contribution >= 4 is 23.6 Å². The Hall–Kier alpha value is -2.67. The zero-order valence-electron chi connectivity index (χ0n) is 16.7. The molecular weight excluding hydrogens is 376 g/mol. The van der Waals surface area contributed by atoms with Gasteiger partial charge in [-0.2, -0.15) is 0 Å². The predicted octanol–water partition coefficient (Wildman–Crippen LogP) is 2.86. The van der Waals surface area contributed by atoms with Gasteiger partial charge in [0, 0.05) is 25.5 Å². The van der Waals surface area contributed by atoms with Crippen LogP contribution in [0, 0.1) is 0 Å². The van der Waals surface area contributed by atoms with E-state index >= 15 is 0 Å². The molecule has 0 heterocycles. The van der Waals surface area contributed by atoms with Crippen molar-refractivity contribution in [1.82, 2.24) is 10.2 Å². The third-order valence-electron chi connectivity index (χ3n) is 4.13. The molecule has 0 aromatic heterocycles. The van der Waals surface area contributed by atoms with Crippen molar-refractivity contribution in [2.45, 2.75) is 11.3 Å². The van der Waals surface area contributed by atoms with E-state index < -0.39 is 0 Å². The largest absolute Gasteiger partial charge is 0.493 e. The average Bonchev–Trinajstić information content (AvgIpc) is 2.71. The number of carbonyl (C=O) groups excluding carboxylic acids is 2. The van der Waals surface area contributed by atoms with Gasteiger partial charge in [0.25, 0.3) is 5.91 Å². The summed E-state index contributed by atoms with van der Waals surface area (Å²) in [5.74, 6) is 1.49. The lowest BCUT2D eigenvalue weighted by Gasteiger charge is -2.13. The summed E-state index contributed by atoms with van der Waals surface area (Å²) in [5, 5.41) is 2.94. The van der Waals surface area contributed by atoms with Gasteiger partial charge in [0.15, 0.2) is 11.5 Å². The molecule has 2 aromatic carbocycles. The van der Waals surface area contributed by atoms with E-state index in [-0.39, 0.29) is 11.8 Å². The number of carbonyl (C=O) groups is 2. The quantitative estimate of drug-likeness (QED) is 0.654. The lowest BCUT2D eigenvalue weighted by molar-refractivity contribution is -0.125. The molecule has 2 rings (SSSR count). The van der Waals surface area contributed by atoms with Crippen molar-refractivity contribution in [2.75, 3.05) is 40.6 Å².